The fraction of sp³-hybridized carbons (Fsp3) is 0.650. The largest absolute Gasteiger partial charge is 0.504 e. The molecule has 2 unspecified atom stereocenters. The second-order valence-electron chi connectivity index (χ2n) is 8.24. The Morgan fingerprint density at radius 1 is 1.27 bits per heavy atom. The molecule has 4 aliphatic rings. The number of benzene rings is 1. The van der Waals surface area contributed by atoms with Gasteiger partial charge in [0.25, 0.3) is 0 Å². The Morgan fingerprint density at radius 2 is 2.12 bits per heavy atom. The number of aliphatic hydroxyl groups excluding tert-OH is 1. The summed E-state index contributed by atoms with van der Waals surface area (Å²) in [5.74, 6) is 0.505. The molecule has 6 nitrogen and oxygen atoms in total. The van der Waals surface area contributed by atoms with Crippen LogP contribution in [0.5, 0.6) is 11.5 Å². The van der Waals surface area contributed by atoms with Gasteiger partial charge in [-0.2, -0.15) is 0 Å². The molecule has 1 aromatic rings. The number of likely N-dealkylation sites (tertiary alicyclic amines) is 1. The van der Waals surface area contributed by atoms with Crippen molar-refractivity contribution in [3.8, 4) is 11.5 Å². The Hall–Kier alpha value is -1.63. The van der Waals surface area contributed by atoms with Crippen molar-refractivity contribution in [1.82, 2.24) is 4.90 Å². The van der Waals surface area contributed by atoms with Crippen LogP contribution in [-0.2, 0) is 16.6 Å². The molecule has 5 rings (SSSR count). The van der Waals surface area contributed by atoms with Crippen LogP contribution in [0.15, 0.2) is 12.1 Å². The maximum atomic E-state index is 12.7. The number of hydrogen-bond donors (Lipinski definition) is 3. The molecular weight excluding hydrogens is 334 g/mol. The summed E-state index contributed by atoms with van der Waals surface area (Å²) >= 11 is 0. The summed E-state index contributed by atoms with van der Waals surface area (Å²) in [5.41, 5.74) is 0.206. The predicted octanol–water partition coefficient (Wildman–Crippen LogP) is 0.888. The number of phenols is 1. The summed E-state index contributed by atoms with van der Waals surface area (Å²) in [5, 5.41) is 31.4. The minimum absolute atomic E-state index is 0.0330. The molecule has 6 heteroatoms. The third kappa shape index (κ3) is 1.80. The minimum atomic E-state index is -1.02. The Bertz CT molecular complexity index is 780. The molecule has 2 bridgehead atoms. The quantitative estimate of drug-likeness (QED) is 0.692. The van der Waals surface area contributed by atoms with E-state index in [-0.39, 0.29) is 24.2 Å². The Balaban J connectivity index is 1.65. The van der Waals surface area contributed by atoms with Crippen molar-refractivity contribution in [1.29, 1.82) is 0 Å². The summed E-state index contributed by atoms with van der Waals surface area (Å²) in [4.78, 5) is 15.0. The minimum Gasteiger partial charge on any atom is -0.504 e. The van der Waals surface area contributed by atoms with Gasteiger partial charge in [0.2, 0.25) is 0 Å². The van der Waals surface area contributed by atoms with Crippen LogP contribution in [0.2, 0.25) is 0 Å². The highest BCUT2D eigenvalue weighted by Crippen LogP contribution is 2.64. The van der Waals surface area contributed by atoms with Gasteiger partial charge in [-0.1, -0.05) is 6.07 Å². The lowest BCUT2D eigenvalue weighted by Crippen LogP contribution is -2.76. The van der Waals surface area contributed by atoms with E-state index in [4.69, 9.17) is 9.84 Å². The highest BCUT2D eigenvalue weighted by atomic mass is 16.5. The van der Waals surface area contributed by atoms with E-state index >= 15 is 0 Å². The summed E-state index contributed by atoms with van der Waals surface area (Å²) in [6, 6.07) is 3.50. The van der Waals surface area contributed by atoms with Gasteiger partial charge < -0.3 is 20.1 Å². The highest BCUT2D eigenvalue weighted by Gasteiger charge is 2.73. The second kappa shape index (κ2) is 5.44. The van der Waals surface area contributed by atoms with E-state index in [2.05, 4.69) is 4.90 Å². The topological polar surface area (TPSA) is 90.2 Å². The van der Waals surface area contributed by atoms with Crippen molar-refractivity contribution in [3.63, 3.8) is 0 Å². The number of carbonyl (C=O) groups excluding carboxylic acids is 1. The number of hydrogen-bond acceptors (Lipinski definition) is 6. The number of phenolic OH excluding ortho intramolecular Hbond substituents is 1. The molecule has 0 radical (unpaired) electrons. The first-order valence-electron chi connectivity index (χ1n) is 9.65. The van der Waals surface area contributed by atoms with Crippen LogP contribution < -0.4 is 4.74 Å². The monoisotopic (exact) mass is 359 g/mol. The third-order valence-electron chi connectivity index (χ3n) is 7.22. The highest BCUT2D eigenvalue weighted by molar-refractivity contribution is 5.90. The average Bonchev–Trinajstić information content (AvgIpc) is 2.98. The van der Waals surface area contributed by atoms with Gasteiger partial charge in [0.1, 0.15) is 0 Å². The molecule has 1 aromatic carbocycles. The molecule has 1 saturated carbocycles. The van der Waals surface area contributed by atoms with Crippen LogP contribution in [0.1, 0.15) is 43.2 Å². The maximum absolute atomic E-state index is 12.7. The van der Waals surface area contributed by atoms with Gasteiger partial charge in [0.05, 0.1) is 11.0 Å². The molecule has 0 amide bonds. The van der Waals surface area contributed by atoms with Gasteiger partial charge in [-0.05, 0) is 56.8 Å². The molecule has 0 aromatic heterocycles. The number of rotatable bonds is 4. The predicted molar refractivity (Wildman–Crippen MR) is 93.4 cm³/mol. The first-order valence-corrected chi connectivity index (χ1v) is 9.65. The molecule has 2 aliphatic carbocycles. The van der Waals surface area contributed by atoms with Crippen LogP contribution in [0, 0.1) is 0 Å². The number of carbonyl (C=O) groups is 1. The average molecular weight is 359 g/mol. The Labute approximate surface area is 152 Å². The Morgan fingerprint density at radius 3 is 2.92 bits per heavy atom. The van der Waals surface area contributed by atoms with Gasteiger partial charge >= 0.3 is 0 Å². The molecule has 1 spiro atoms. The van der Waals surface area contributed by atoms with Crippen LogP contribution >= 0.6 is 0 Å². The van der Waals surface area contributed by atoms with Crippen molar-refractivity contribution >= 4 is 5.78 Å². The van der Waals surface area contributed by atoms with Crippen molar-refractivity contribution < 1.29 is 24.9 Å². The number of ketones is 1. The second-order valence-corrected chi connectivity index (χ2v) is 8.24. The number of ether oxygens (including phenoxy) is 1. The SMILES string of the molecule is O=C1CCC2(O)[C@H]3Cc4ccc(O)c5c4[C@@]2(CCN3CCCCO)C1O5. The first kappa shape index (κ1) is 16.5. The molecule has 3 N–H and O–H groups in total. The molecule has 2 aliphatic heterocycles. The summed E-state index contributed by atoms with van der Waals surface area (Å²) in [7, 11) is 0. The van der Waals surface area contributed by atoms with Crippen LogP contribution in [-0.4, -0.2) is 63.4 Å². The number of Topliss-reactive ketones (excluding diaryl/α,β-unsaturated/α-hetero) is 1. The van der Waals surface area contributed by atoms with E-state index in [1.165, 1.54) is 0 Å². The molecule has 1 saturated heterocycles. The standard InChI is InChI=1S/C20H25NO5/c22-10-2-1-8-21-9-7-19-16-12-3-4-13(23)17(16)26-18(19)14(24)5-6-20(19,25)15(21)11-12/h3-4,15,18,22-23,25H,1-2,5-11H2/t15-,18?,19+,20?/m1/s1. The zero-order valence-corrected chi connectivity index (χ0v) is 14.8. The fourth-order valence-electron chi connectivity index (χ4n) is 6.11. The van der Waals surface area contributed by atoms with E-state index in [9.17, 15) is 15.0 Å². The number of nitrogens with zero attached hydrogens (tertiary/aromatic N) is 1. The van der Waals surface area contributed by atoms with Gasteiger partial charge in [-0.25, -0.2) is 0 Å². The lowest BCUT2D eigenvalue weighted by molar-refractivity contribution is -0.188. The number of piperidine rings is 1. The van der Waals surface area contributed by atoms with Crippen molar-refractivity contribution in [2.24, 2.45) is 0 Å². The van der Waals surface area contributed by atoms with Crippen molar-refractivity contribution in [2.75, 3.05) is 19.7 Å². The van der Waals surface area contributed by atoms with Gasteiger partial charge in [0, 0.05) is 24.6 Å². The summed E-state index contributed by atoms with van der Waals surface area (Å²) in [6.45, 7) is 1.81. The Kier molecular flexibility index (Phi) is 3.46. The first-order chi connectivity index (χ1) is 12.5. The number of aromatic hydroxyl groups is 1. The van der Waals surface area contributed by atoms with Gasteiger partial charge in [0.15, 0.2) is 23.4 Å². The van der Waals surface area contributed by atoms with E-state index in [0.717, 1.165) is 37.1 Å². The molecule has 4 atom stereocenters. The zero-order valence-electron chi connectivity index (χ0n) is 14.8. The van der Waals surface area contributed by atoms with Crippen LogP contribution in [0.4, 0.5) is 0 Å². The van der Waals surface area contributed by atoms with E-state index < -0.39 is 17.1 Å². The van der Waals surface area contributed by atoms with E-state index in [1.54, 1.807) is 6.07 Å². The van der Waals surface area contributed by atoms with Gasteiger partial charge in [-0.15, -0.1) is 0 Å². The van der Waals surface area contributed by atoms with Crippen molar-refractivity contribution in [2.45, 2.75) is 61.7 Å². The molecule has 2 fully saturated rings. The summed E-state index contributed by atoms with van der Waals surface area (Å²) < 4.78 is 6.01. The van der Waals surface area contributed by atoms with Crippen LogP contribution in [0.25, 0.3) is 0 Å². The zero-order chi connectivity index (χ0) is 18.1. The normalized spacial score (nSPS) is 37.4. The molecule has 2 heterocycles. The fourth-order valence-corrected chi connectivity index (χ4v) is 6.11. The number of aliphatic hydroxyl groups is 2. The van der Waals surface area contributed by atoms with E-state index in [1.807, 2.05) is 6.07 Å². The van der Waals surface area contributed by atoms with Crippen LogP contribution in [0.3, 0.4) is 0 Å². The molecule has 140 valence electrons. The maximum Gasteiger partial charge on any atom is 0.174 e. The molecular formula is C20H25NO5. The lowest BCUT2D eigenvalue weighted by Gasteiger charge is -2.62. The van der Waals surface area contributed by atoms with Crippen molar-refractivity contribution in [3.05, 3.63) is 23.3 Å². The van der Waals surface area contributed by atoms with E-state index in [0.29, 0.717) is 31.4 Å². The van der Waals surface area contributed by atoms with Gasteiger partial charge in [-0.3, -0.25) is 9.69 Å². The third-order valence-corrected chi connectivity index (χ3v) is 7.22. The lowest BCUT2D eigenvalue weighted by atomic mass is 9.49. The number of unbranched alkanes of at least 4 members (excludes halogenated alkanes) is 1. The summed E-state index contributed by atoms with van der Waals surface area (Å²) in [6.07, 6.45) is 3.07. The molecule has 26 heavy (non-hydrogen) atoms. The smallest absolute Gasteiger partial charge is 0.174 e.